The number of hydrogen-bond donors (Lipinski definition) is 3. The van der Waals surface area contributed by atoms with E-state index in [1.807, 2.05) is 0 Å². The molecule has 1 heterocycles. The number of nitrogens with two attached hydrogens (primary N) is 2. The number of carboxylic acid groups (broad SMARTS) is 1. The lowest BCUT2D eigenvalue weighted by molar-refractivity contribution is 0.0696. The van der Waals surface area contributed by atoms with Crippen LogP contribution >= 0.6 is 0 Å². The second-order valence-electron chi connectivity index (χ2n) is 4.69. The summed E-state index contributed by atoms with van der Waals surface area (Å²) in [5.41, 5.74) is 12.3. The molecular weight excluding hydrogens is 258 g/mol. The van der Waals surface area contributed by atoms with Crippen LogP contribution in [-0.4, -0.2) is 27.7 Å². The molecular formula is C13H17N5O2. The van der Waals surface area contributed by atoms with Crippen LogP contribution in [0, 0.1) is 0 Å². The lowest BCUT2D eigenvalue weighted by Crippen LogP contribution is -2.23. The minimum atomic E-state index is -0.966. The van der Waals surface area contributed by atoms with Crippen LogP contribution in [0.3, 0.4) is 0 Å². The summed E-state index contributed by atoms with van der Waals surface area (Å²) in [6.45, 7) is 0. The van der Waals surface area contributed by atoms with Crippen LogP contribution < -0.4 is 11.5 Å². The summed E-state index contributed by atoms with van der Waals surface area (Å²) in [7, 11) is 0. The highest BCUT2D eigenvalue weighted by molar-refractivity contribution is 5.93. The molecule has 1 aliphatic rings. The van der Waals surface area contributed by atoms with Crippen molar-refractivity contribution in [1.82, 2.24) is 4.98 Å². The summed E-state index contributed by atoms with van der Waals surface area (Å²) in [6, 6.07) is 3.06. The summed E-state index contributed by atoms with van der Waals surface area (Å²) in [5, 5.41) is 16.8. The first-order chi connectivity index (χ1) is 9.58. The van der Waals surface area contributed by atoms with E-state index in [2.05, 4.69) is 15.2 Å². The van der Waals surface area contributed by atoms with Gasteiger partial charge in [-0.15, -0.1) is 5.10 Å². The monoisotopic (exact) mass is 275 g/mol. The highest BCUT2D eigenvalue weighted by atomic mass is 16.4. The first-order valence-electron chi connectivity index (χ1n) is 6.42. The zero-order chi connectivity index (χ0) is 14.5. The number of rotatable bonds is 3. The first-order valence-corrected chi connectivity index (χ1v) is 6.42. The van der Waals surface area contributed by atoms with Gasteiger partial charge >= 0.3 is 5.97 Å². The van der Waals surface area contributed by atoms with Crippen molar-refractivity contribution in [2.45, 2.75) is 31.6 Å². The second kappa shape index (κ2) is 6.14. The largest absolute Gasteiger partial charge is 0.478 e. The van der Waals surface area contributed by atoms with Crippen LogP contribution in [0.5, 0.6) is 0 Å². The Bertz CT molecular complexity index is 564. The lowest BCUT2D eigenvalue weighted by atomic mass is 9.84. The molecule has 1 aromatic rings. The number of carboxylic acids is 1. The average molecular weight is 275 g/mol. The number of aromatic nitrogens is 1. The molecule has 7 heteroatoms. The molecule has 0 spiro atoms. The van der Waals surface area contributed by atoms with Crippen molar-refractivity contribution >= 4 is 17.6 Å². The van der Waals surface area contributed by atoms with E-state index in [1.54, 1.807) is 6.07 Å². The standard InChI is InChI=1S/C13H17N5O2/c14-13(15)18-17-10-4-2-1-3-9(10)11-7-8(12(19)20)5-6-16-11/h5-7,9H,1-4H2,(H,19,20)(H4,14,15,18). The summed E-state index contributed by atoms with van der Waals surface area (Å²) in [6.07, 6.45) is 5.24. The SMILES string of the molecule is NC(N)=NN=C1CCCCC1c1cc(C(=O)O)ccn1. The average Bonchev–Trinajstić information content (AvgIpc) is 2.45. The molecule has 0 saturated heterocycles. The van der Waals surface area contributed by atoms with Gasteiger partial charge in [0.2, 0.25) is 5.96 Å². The Labute approximate surface area is 116 Å². The Balaban J connectivity index is 2.32. The van der Waals surface area contributed by atoms with Crippen LogP contribution in [0.15, 0.2) is 28.5 Å². The molecule has 0 radical (unpaired) electrons. The summed E-state index contributed by atoms with van der Waals surface area (Å²) >= 11 is 0. The lowest BCUT2D eigenvalue weighted by Gasteiger charge is -2.23. The molecule has 1 aromatic heterocycles. The Morgan fingerprint density at radius 1 is 1.40 bits per heavy atom. The van der Waals surface area contributed by atoms with E-state index in [-0.39, 0.29) is 17.4 Å². The predicted molar refractivity (Wildman–Crippen MR) is 75.7 cm³/mol. The first kappa shape index (κ1) is 14.0. The molecule has 0 amide bonds. The molecule has 1 aliphatic carbocycles. The molecule has 1 atom stereocenters. The third-order valence-corrected chi connectivity index (χ3v) is 3.26. The second-order valence-corrected chi connectivity index (χ2v) is 4.69. The highest BCUT2D eigenvalue weighted by Crippen LogP contribution is 2.30. The van der Waals surface area contributed by atoms with Crippen molar-refractivity contribution in [2.24, 2.45) is 21.7 Å². The van der Waals surface area contributed by atoms with Crippen LogP contribution in [0.25, 0.3) is 0 Å². The molecule has 0 aromatic carbocycles. The van der Waals surface area contributed by atoms with Crippen LogP contribution in [0.1, 0.15) is 47.7 Å². The van der Waals surface area contributed by atoms with E-state index in [0.29, 0.717) is 5.69 Å². The van der Waals surface area contributed by atoms with Gasteiger partial charge < -0.3 is 16.6 Å². The fraction of sp³-hybridized carbons (Fsp3) is 0.385. The van der Waals surface area contributed by atoms with Crippen molar-refractivity contribution < 1.29 is 9.90 Å². The van der Waals surface area contributed by atoms with Gasteiger partial charge in [-0.05, 0) is 31.4 Å². The van der Waals surface area contributed by atoms with Gasteiger partial charge in [0.05, 0.1) is 5.56 Å². The molecule has 0 aliphatic heterocycles. The van der Waals surface area contributed by atoms with Gasteiger partial charge in [-0.25, -0.2) is 4.79 Å². The fourth-order valence-corrected chi connectivity index (χ4v) is 2.33. The molecule has 1 unspecified atom stereocenters. The van der Waals surface area contributed by atoms with Crippen molar-refractivity contribution in [3.05, 3.63) is 29.6 Å². The number of guanidine groups is 1. The zero-order valence-electron chi connectivity index (χ0n) is 11.0. The van der Waals surface area contributed by atoms with Gasteiger partial charge in [0.1, 0.15) is 0 Å². The van der Waals surface area contributed by atoms with Gasteiger partial charge in [0, 0.05) is 23.5 Å². The Morgan fingerprint density at radius 3 is 2.90 bits per heavy atom. The van der Waals surface area contributed by atoms with Crippen LogP contribution in [-0.2, 0) is 0 Å². The van der Waals surface area contributed by atoms with Gasteiger partial charge in [0.25, 0.3) is 0 Å². The minimum absolute atomic E-state index is 0.0221. The van der Waals surface area contributed by atoms with E-state index >= 15 is 0 Å². The molecule has 5 N–H and O–H groups in total. The quantitative estimate of drug-likeness (QED) is 0.432. The van der Waals surface area contributed by atoms with Crippen LogP contribution in [0.2, 0.25) is 0 Å². The number of nitrogens with zero attached hydrogens (tertiary/aromatic N) is 3. The third kappa shape index (κ3) is 3.31. The van der Waals surface area contributed by atoms with E-state index in [4.69, 9.17) is 16.6 Å². The van der Waals surface area contributed by atoms with E-state index in [1.165, 1.54) is 12.3 Å². The van der Waals surface area contributed by atoms with E-state index in [0.717, 1.165) is 31.4 Å². The normalized spacial score (nSPS) is 20.6. The van der Waals surface area contributed by atoms with Gasteiger partial charge in [-0.2, -0.15) is 5.10 Å². The fourth-order valence-electron chi connectivity index (χ4n) is 2.33. The van der Waals surface area contributed by atoms with E-state index < -0.39 is 5.97 Å². The topological polar surface area (TPSA) is 127 Å². The summed E-state index contributed by atoms with van der Waals surface area (Å²) in [4.78, 5) is 15.3. The summed E-state index contributed by atoms with van der Waals surface area (Å²) in [5.74, 6) is -1.08. The molecule has 20 heavy (non-hydrogen) atoms. The number of hydrogen-bond acceptors (Lipinski definition) is 4. The van der Waals surface area contributed by atoms with Crippen molar-refractivity contribution in [2.75, 3.05) is 0 Å². The Hall–Kier alpha value is -2.44. The van der Waals surface area contributed by atoms with Gasteiger partial charge in [0.15, 0.2) is 0 Å². The zero-order valence-corrected chi connectivity index (χ0v) is 11.0. The highest BCUT2D eigenvalue weighted by Gasteiger charge is 2.24. The smallest absolute Gasteiger partial charge is 0.335 e. The van der Waals surface area contributed by atoms with Gasteiger partial charge in [-0.1, -0.05) is 6.42 Å². The molecule has 0 bridgehead atoms. The molecule has 106 valence electrons. The number of aromatic carboxylic acids is 1. The number of carbonyl (C=O) groups is 1. The maximum absolute atomic E-state index is 11.0. The third-order valence-electron chi connectivity index (χ3n) is 3.26. The maximum atomic E-state index is 11.0. The predicted octanol–water partition coefficient (Wildman–Crippen LogP) is 1.07. The van der Waals surface area contributed by atoms with Crippen molar-refractivity contribution in [3.63, 3.8) is 0 Å². The molecule has 1 fully saturated rings. The minimum Gasteiger partial charge on any atom is -0.478 e. The molecule has 2 rings (SSSR count). The number of pyridine rings is 1. The maximum Gasteiger partial charge on any atom is 0.335 e. The van der Waals surface area contributed by atoms with Crippen LogP contribution in [0.4, 0.5) is 0 Å². The van der Waals surface area contributed by atoms with Crippen molar-refractivity contribution in [1.29, 1.82) is 0 Å². The molecule has 7 nitrogen and oxygen atoms in total. The Morgan fingerprint density at radius 2 is 2.20 bits per heavy atom. The summed E-state index contributed by atoms with van der Waals surface area (Å²) < 4.78 is 0. The van der Waals surface area contributed by atoms with Gasteiger partial charge in [-0.3, -0.25) is 4.98 Å². The van der Waals surface area contributed by atoms with E-state index in [9.17, 15) is 4.79 Å². The van der Waals surface area contributed by atoms with Crippen molar-refractivity contribution in [3.8, 4) is 0 Å². The molecule has 1 saturated carbocycles. The Kier molecular flexibility index (Phi) is 4.29.